The number of H-pyrrole nitrogens is 1. The van der Waals surface area contributed by atoms with Crippen molar-refractivity contribution in [3.8, 4) is 5.75 Å². The lowest BCUT2D eigenvalue weighted by Crippen LogP contribution is -2.51. The molecule has 1 fully saturated rings. The van der Waals surface area contributed by atoms with Gasteiger partial charge in [-0.1, -0.05) is 6.07 Å². The molecule has 3 heterocycles. The Morgan fingerprint density at radius 2 is 2.27 bits per heavy atom. The van der Waals surface area contributed by atoms with Gasteiger partial charge in [0.15, 0.2) is 11.5 Å². The van der Waals surface area contributed by atoms with Crippen molar-refractivity contribution >= 4 is 17.1 Å². The minimum Gasteiger partial charge on any atom is -0.486 e. The van der Waals surface area contributed by atoms with E-state index < -0.39 is 6.10 Å². The van der Waals surface area contributed by atoms with Crippen LogP contribution in [0.25, 0.3) is 11.2 Å². The number of aromatic amines is 1. The van der Waals surface area contributed by atoms with Crippen LogP contribution in [0, 0.1) is 5.82 Å². The average molecular weight is 356 g/mol. The number of halogens is 1. The number of pyridine rings is 1. The highest BCUT2D eigenvalue weighted by molar-refractivity contribution is 5.93. The van der Waals surface area contributed by atoms with E-state index in [1.807, 2.05) is 0 Å². The monoisotopic (exact) mass is 356 g/mol. The first-order valence-corrected chi connectivity index (χ1v) is 8.30. The molecule has 2 aromatic heterocycles. The van der Waals surface area contributed by atoms with E-state index in [2.05, 4.69) is 20.3 Å². The van der Waals surface area contributed by atoms with Crippen LogP contribution in [0.4, 0.5) is 4.39 Å². The second-order valence-corrected chi connectivity index (χ2v) is 6.02. The van der Waals surface area contributed by atoms with Gasteiger partial charge in [-0.15, -0.1) is 0 Å². The van der Waals surface area contributed by atoms with E-state index in [0.717, 1.165) is 0 Å². The zero-order valence-electron chi connectivity index (χ0n) is 13.8. The highest BCUT2D eigenvalue weighted by Crippen LogP contribution is 2.19. The fraction of sp³-hybridized carbons (Fsp3) is 0.278. The number of aromatic nitrogens is 3. The van der Waals surface area contributed by atoms with Crippen molar-refractivity contribution in [3.05, 3.63) is 54.2 Å². The molecule has 2 atom stereocenters. The predicted molar refractivity (Wildman–Crippen MR) is 91.4 cm³/mol. The number of nitrogens with one attached hydrogen (secondary N) is 2. The normalized spacial score (nSPS) is 20.0. The summed E-state index contributed by atoms with van der Waals surface area (Å²) in [7, 11) is 0. The first kappa shape index (κ1) is 16.5. The molecule has 0 bridgehead atoms. The number of hydrogen-bond acceptors (Lipinski definition) is 5. The molecule has 1 saturated heterocycles. The molecule has 2 N–H and O–H groups in total. The Balaban J connectivity index is 1.48. The molecule has 0 spiro atoms. The molecule has 26 heavy (non-hydrogen) atoms. The Labute approximate surface area is 148 Å². The van der Waals surface area contributed by atoms with Gasteiger partial charge in [0.05, 0.1) is 18.2 Å². The van der Waals surface area contributed by atoms with E-state index in [1.165, 1.54) is 12.1 Å². The molecule has 134 valence electrons. The van der Waals surface area contributed by atoms with Gasteiger partial charge in [0.1, 0.15) is 17.7 Å². The quantitative estimate of drug-likeness (QED) is 0.747. The van der Waals surface area contributed by atoms with Crippen LogP contribution in [0.2, 0.25) is 0 Å². The van der Waals surface area contributed by atoms with Crippen LogP contribution in [-0.4, -0.2) is 46.2 Å². The number of ether oxygens (including phenoxy) is 2. The Morgan fingerprint density at radius 3 is 3.12 bits per heavy atom. The Morgan fingerprint density at radius 1 is 1.35 bits per heavy atom. The van der Waals surface area contributed by atoms with Crippen LogP contribution < -0.4 is 10.1 Å². The maximum Gasteiger partial charge on any atom is 0.287 e. The van der Waals surface area contributed by atoms with Crippen LogP contribution in [0.3, 0.4) is 0 Å². The van der Waals surface area contributed by atoms with Crippen LogP contribution >= 0.6 is 0 Å². The van der Waals surface area contributed by atoms with Crippen molar-refractivity contribution in [2.75, 3.05) is 13.2 Å². The molecule has 1 aliphatic heterocycles. The van der Waals surface area contributed by atoms with E-state index in [1.54, 1.807) is 30.5 Å². The van der Waals surface area contributed by atoms with Crippen LogP contribution in [0.1, 0.15) is 17.0 Å². The smallest absolute Gasteiger partial charge is 0.287 e. The van der Waals surface area contributed by atoms with Crippen molar-refractivity contribution in [1.82, 2.24) is 20.3 Å². The molecule has 0 aliphatic carbocycles. The van der Waals surface area contributed by atoms with Crippen molar-refractivity contribution in [2.45, 2.75) is 18.6 Å². The Bertz CT molecular complexity index is 896. The van der Waals surface area contributed by atoms with E-state index >= 15 is 0 Å². The molecule has 1 amide bonds. The number of carbonyl (C=O) groups excluding carboxylic acids is 1. The SMILES string of the molecule is O=C(NC1CCOCC1Oc1cccc(F)c1)c1nc2ncccc2[nH]1. The van der Waals surface area contributed by atoms with Crippen LogP contribution in [0.5, 0.6) is 5.75 Å². The predicted octanol–water partition coefficient (Wildman–Crippen LogP) is 2.06. The zero-order valence-corrected chi connectivity index (χ0v) is 13.8. The van der Waals surface area contributed by atoms with Gasteiger partial charge in [-0.05, 0) is 30.7 Å². The van der Waals surface area contributed by atoms with Gasteiger partial charge in [0.2, 0.25) is 0 Å². The summed E-state index contributed by atoms with van der Waals surface area (Å²) in [5, 5.41) is 2.92. The Hall–Kier alpha value is -3.00. The van der Waals surface area contributed by atoms with Crippen molar-refractivity contribution in [2.24, 2.45) is 0 Å². The molecule has 1 aromatic carbocycles. The lowest BCUT2D eigenvalue weighted by molar-refractivity contribution is -0.0137. The summed E-state index contributed by atoms with van der Waals surface area (Å²) in [5.74, 6) is -0.139. The number of amides is 1. The van der Waals surface area contributed by atoms with Crippen molar-refractivity contribution in [3.63, 3.8) is 0 Å². The minimum atomic E-state index is -0.419. The van der Waals surface area contributed by atoms with Gasteiger partial charge in [-0.2, -0.15) is 0 Å². The van der Waals surface area contributed by atoms with Gasteiger partial charge in [-0.3, -0.25) is 4.79 Å². The van der Waals surface area contributed by atoms with Crippen molar-refractivity contribution < 1.29 is 18.7 Å². The third-order valence-electron chi connectivity index (χ3n) is 4.18. The van der Waals surface area contributed by atoms with Gasteiger partial charge < -0.3 is 19.8 Å². The molecule has 8 heteroatoms. The summed E-state index contributed by atoms with van der Waals surface area (Å²) in [6.45, 7) is 0.818. The molecule has 0 saturated carbocycles. The van der Waals surface area contributed by atoms with Crippen molar-refractivity contribution in [1.29, 1.82) is 0 Å². The number of carbonyl (C=O) groups is 1. The number of hydrogen-bond donors (Lipinski definition) is 2. The first-order valence-electron chi connectivity index (χ1n) is 8.30. The molecular formula is C18H17FN4O3. The molecule has 2 unspecified atom stereocenters. The van der Waals surface area contributed by atoms with Crippen LogP contribution in [-0.2, 0) is 4.74 Å². The second kappa shape index (κ2) is 7.09. The number of fused-ring (bicyclic) bond motifs is 1. The lowest BCUT2D eigenvalue weighted by atomic mass is 10.1. The molecule has 7 nitrogen and oxygen atoms in total. The van der Waals surface area contributed by atoms with Gasteiger partial charge in [-0.25, -0.2) is 14.4 Å². The molecule has 1 aliphatic rings. The molecule has 0 radical (unpaired) electrons. The maximum atomic E-state index is 13.4. The van der Waals surface area contributed by atoms with Gasteiger partial charge >= 0.3 is 0 Å². The van der Waals surface area contributed by atoms with E-state index in [0.29, 0.717) is 36.5 Å². The number of nitrogens with zero attached hydrogens (tertiary/aromatic N) is 2. The highest BCUT2D eigenvalue weighted by Gasteiger charge is 2.30. The zero-order chi connectivity index (χ0) is 17.9. The Kier molecular flexibility index (Phi) is 4.49. The third kappa shape index (κ3) is 3.50. The van der Waals surface area contributed by atoms with Gasteiger partial charge in [0, 0.05) is 18.9 Å². The fourth-order valence-electron chi connectivity index (χ4n) is 2.90. The summed E-state index contributed by atoms with van der Waals surface area (Å²) >= 11 is 0. The molecule has 4 rings (SSSR count). The van der Waals surface area contributed by atoms with E-state index in [-0.39, 0.29) is 23.6 Å². The number of imidazole rings is 1. The van der Waals surface area contributed by atoms with Gasteiger partial charge in [0.25, 0.3) is 5.91 Å². The lowest BCUT2D eigenvalue weighted by Gasteiger charge is -2.32. The third-order valence-corrected chi connectivity index (χ3v) is 4.18. The molecule has 3 aromatic rings. The largest absolute Gasteiger partial charge is 0.486 e. The minimum absolute atomic E-state index is 0.190. The van der Waals surface area contributed by atoms with E-state index in [9.17, 15) is 9.18 Å². The highest BCUT2D eigenvalue weighted by atomic mass is 19.1. The standard InChI is InChI=1S/C18H17FN4O3/c19-11-3-1-4-12(9-11)26-15-10-25-8-6-13(15)22-18(24)17-21-14-5-2-7-20-16(14)23-17/h1-5,7,9,13,15H,6,8,10H2,(H,22,24)(H,20,21,23). The summed E-state index contributed by atoms with van der Waals surface area (Å²) in [4.78, 5) is 23.8. The number of benzene rings is 1. The summed E-state index contributed by atoms with van der Waals surface area (Å²) in [5.41, 5.74) is 1.18. The van der Waals surface area contributed by atoms with Crippen LogP contribution in [0.15, 0.2) is 42.6 Å². The summed E-state index contributed by atoms with van der Waals surface area (Å²) in [6.07, 6.45) is 1.79. The average Bonchev–Trinajstić information content (AvgIpc) is 3.08. The number of rotatable bonds is 4. The fourth-order valence-corrected chi connectivity index (χ4v) is 2.90. The summed E-state index contributed by atoms with van der Waals surface area (Å²) < 4.78 is 24.6. The first-order chi connectivity index (χ1) is 12.7. The molecular weight excluding hydrogens is 339 g/mol. The summed E-state index contributed by atoms with van der Waals surface area (Å²) in [6, 6.07) is 9.18. The maximum absolute atomic E-state index is 13.4. The topological polar surface area (TPSA) is 89.1 Å². The van der Waals surface area contributed by atoms with E-state index in [4.69, 9.17) is 9.47 Å². The second-order valence-electron chi connectivity index (χ2n) is 6.02.